The Labute approximate surface area is 132 Å². The third-order valence-corrected chi connectivity index (χ3v) is 3.10. The van der Waals surface area contributed by atoms with Crippen LogP contribution in [0.25, 0.3) is 0 Å². The molecule has 0 aliphatic carbocycles. The van der Waals surface area contributed by atoms with Crippen LogP contribution in [0.15, 0.2) is 48.5 Å². The van der Waals surface area contributed by atoms with E-state index in [9.17, 15) is 0 Å². The van der Waals surface area contributed by atoms with Crippen molar-refractivity contribution in [3.05, 3.63) is 54.1 Å². The summed E-state index contributed by atoms with van der Waals surface area (Å²) in [5, 5.41) is 3.39. The fraction of sp³-hybridized carbons (Fsp3) is 0.333. The lowest BCUT2D eigenvalue weighted by atomic mass is 10.2. The molecule has 2 aromatic rings. The summed E-state index contributed by atoms with van der Waals surface area (Å²) in [6.07, 6.45) is 0. The molecule has 0 amide bonds. The van der Waals surface area contributed by atoms with Crippen LogP contribution in [0.5, 0.6) is 11.5 Å². The number of nitrogens with one attached hydrogen (secondary N) is 1. The smallest absolute Gasteiger partial charge is 0.121 e. The van der Waals surface area contributed by atoms with Crippen LogP contribution in [0.1, 0.15) is 12.5 Å². The lowest BCUT2D eigenvalue weighted by Crippen LogP contribution is -2.05. The standard InChI is InChI=1S/C18H23NO3/c1-3-21-17-8-4-6-15(12-17)14-19-16-7-5-9-18(13-16)22-11-10-20-2/h4-9,12-13,19H,3,10-11,14H2,1-2H3. The molecule has 2 aromatic carbocycles. The first-order chi connectivity index (χ1) is 10.8. The second-order valence-corrected chi connectivity index (χ2v) is 4.80. The molecule has 0 aliphatic heterocycles. The van der Waals surface area contributed by atoms with Crippen molar-refractivity contribution in [1.82, 2.24) is 0 Å². The van der Waals surface area contributed by atoms with Crippen molar-refractivity contribution in [3.63, 3.8) is 0 Å². The van der Waals surface area contributed by atoms with Gasteiger partial charge in [0.1, 0.15) is 18.1 Å². The maximum Gasteiger partial charge on any atom is 0.121 e. The Morgan fingerprint density at radius 2 is 1.68 bits per heavy atom. The summed E-state index contributed by atoms with van der Waals surface area (Å²) in [6.45, 7) is 4.54. The topological polar surface area (TPSA) is 39.7 Å². The SMILES string of the molecule is CCOc1cccc(CNc2cccc(OCCOC)c2)c1. The Kier molecular flexibility index (Phi) is 6.58. The monoisotopic (exact) mass is 301 g/mol. The molecule has 1 N–H and O–H groups in total. The minimum atomic E-state index is 0.552. The van der Waals surface area contributed by atoms with Gasteiger partial charge in [-0.15, -0.1) is 0 Å². The van der Waals surface area contributed by atoms with Crippen molar-refractivity contribution in [1.29, 1.82) is 0 Å². The maximum absolute atomic E-state index is 5.61. The fourth-order valence-corrected chi connectivity index (χ4v) is 2.05. The summed E-state index contributed by atoms with van der Waals surface area (Å²) in [7, 11) is 1.66. The van der Waals surface area contributed by atoms with Crippen molar-refractivity contribution in [2.45, 2.75) is 13.5 Å². The predicted molar refractivity (Wildman–Crippen MR) is 88.8 cm³/mol. The van der Waals surface area contributed by atoms with Crippen LogP contribution in [0.4, 0.5) is 5.69 Å². The Bertz CT molecular complexity index is 572. The van der Waals surface area contributed by atoms with Gasteiger partial charge in [-0.25, -0.2) is 0 Å². The second-order valence-electron chi connectivity index (χ2n) is 4.80. The van der Waals surface area contributed by atoms with Crippen molar-refractivity contribution >= 4 is 5.69 Å². The van der Waals surface area contributed by atoms with Crippen LogP contribution in [0, 0.1) is 0 Å². The Morgan fingerprint density at radius 1 is 0.909 bits per heavy atom. The number of methoxy groups -OCH3 is 1. The van der Waals surface area contributed by atoms with Gasteiger partial charge >= 0.3 is 0 Å². The molecule has 4 heteroatoms. The molecule has 0 bridgehead atoms. The van der Waals surface area contributed by atoms with E-state index in [1.807, 2.05) is 43.3 Å². The highest BCUT2D eigenvalue weighted by Crippen LogP contribution is 2.19. The van der Waals surface area contributed by atoms with Crippen molar-refractivity contribution in [2.24, 2.45) is 0 Å². The molecule has 0 unspecified atom stereocenters. The van der Waals surface area contributed by atoms with Gasteiger partial charge in [-0.2, -0.15) is 0 Å². The lowest BCUT2D eigenvalue weighted by Gasteiger charge is -2.11. The second kappa shape index (κ2) is 8.95. The molecule has 22 heavy (non-hydrogen) atoms. The molecule has 0 aromatic heterocycles. The van der Waals surface area contributed by atoms with Gasteiger partial charge in [0, 0.05) is 25.4 Å². The van der Waals surface area contributed by atoms with E-state index in [0.717, 1.165) is 23.7 Å². The van der Waals surface area contributed by atoms with Crippen LogP contribution < -0.4 is 14.8 Å². The van der Waals surface area contributed by atoms with E-state index in [1.165, 1.54) is 5.56 Å². The van der Waals surface area contributed by atoms with Gasteiger partial charge in [-0.05, 0) is 36.8 Å². The molecule has 0 atom stereocenters. The molecule has 0 radical (unpaired) electrons. The molecule has 0 heterocycles. The average molecular weight is 301 g/mol. The summed E-state index contributed by atoms with van der Waals surface area (Å²) in [4.78, 5) is 0. The highest BCUT2D eigenvalue weighted by molar-refractivity contribution is 5.48. The molecule has 0 spiro atoms. The van der Waals surface area contributed by atoms with Crippen LogP contribution >= 0.6 is 0 Å². The summed E-state index contributed by atoms with van der Waals surface area (Å²) >= 11 is 0. The lowest BCUT2D eigenvalue weighted by molar-refractivity contribution is 0.146. The quantitative estimate of drug-likeness (QED) is 0.717. The third kappa shape index (κ3) is 5.30. The van der Waals surface area contributed by atoms with Gasteiger partial charge in [0.25, 0.3) is 0 Å². The van der Waals surface area contributed by atoms with E-state index < -0.39 is 0 Å². The van der Waals surface area contributed by atoms with E-state index in [2.05, 4.69) is 17.4 Å². The van der Waals surface area contributed by atoms with E-state index in [0.29, 0.717) is 19.8 Å². The van der Waals surface area contributed by atoms with Crippen molar-refractivity contribution in [3.8, 4) is 11.5 Å². The zero-order valence-electron chi connectivity index (χ0n) is 13.2. The van der Waals surface area contributed by atoms with Gasteiger partial charge in [0.2, 0.25) is 0 Å². The molecular formula is C18H23NO3. The first-order valence-electron chi connectivity index (χ1n) is 7.49. The summed E-state index contributed by atoms with van der Waals surface area (Å²) in [5.74, 6) is 1.74. The molecule has 4 nitrogen and oxygen atoms in total. The van der Waals surface area contributed by atoms with Crippen LogP contribution in [-0.4, -0.2) is 26.9 Å². The number of hydrogen-bond acceptors (Lipinski definition) is 4. The van der Waals surface area contributed by atoms with E-state index >= 15 is 0 Å². The minimum absolute atomic E-state index is 0.552. The molecule has 0 aliphatic rings. The molecule has 0 saturated heterocycles. The summed E-state index contributed by atoms with van der Waals surface area (Å²) in [6, 6.07) is 16.0. The number of hydrogen-bond donors (Lipinski definition) is 1. The van der Waals surface area contributed by atoms with E-state index in [-0.39, 0.29) is 0 Å². The van der Waals surface area contributed by atoms with Crippen molar-refractivity contribution < 1.29 is 14.2 Å². The number of benzene rings is 2. The first kappa shape index (κ1) is 16.2. The maximum atomic E-state index is 5.61. The summed E-state index contributed by atoms with van der Waals surface area (Å²) in [5.41, 5.74) is 2.20. The highest BCUT2D eigenvalue weighted by atomic mass is 16.5. The predicted octanol–water partition coefficient (Wildman–Crippen LogP) is 3.72. The van der Waals surface area contributed by atoms with Crippen LogP contribution in [0.3, 0.4) is 0 Å². The molecule has 118 valence electrons. The van der Waals surface area contributed by atoms with Crippen LogP contribution in [0.2, 0.25) is 0 Å². The zero-order chi connectivity index (χ0) is 15.6. The Hall–Kier alpha value is -2.20. The Balaban J connectivity index is 1.90. The number of anilines is 1. The largest absolute Gasteiger partial charge is 0.494 e. The Morgan fingerprint density at radius 3 is 2.45 bits per heavy atom. The molecule has 2 rings (SSSR count). The van der Waals surface area contributed by atoms with Gasteiger partial charge in [-0.3, -0.25) is 0 Å². The highest BCUT2D eigenvalue weighted by Gasteiger charge is 1.99. The first-order valence-corrected chi connectivity index (χ1v) is 7.49. The minimum Gasteiger partial charge on any atom is -0.494 e. The fourth-order valence-electron chi connectivity index (χ4n) is 2.05. The normalized spacial score (nSPS) is 10.3. The number of rotatable bonds is 9. The molecule has 0 saturated carbocycles. The van der Waals surface area contributed by atoms with Gasteiger partial charge in [-0.1, -0.05) is 18.2 Å². The molecule has 0 fully saturated rings. The zero-order valence-corrected chi connectivity index (χ0v) is 13.2. The van der Waals surface area contributed by atoms with Crippen molar-refractivity contribution in [2.75, 3.05) is 32.2 Å². The van der Waals surface area contributed by atoms with Gasteiger partial charge in [0.15, 0.2) is 0 Å². The van der Waals surface area contributed by atoms with E-state index in [4.69, 9.17) is 14.2 Å². The van der Waals surface area contributed by atoms with Gasteiger partial charge < -0.3 is 19.5 Å². The third-order valence-electron chi connectivity index (χ3n) is 3.10. The van der Waals surface area contributed by atoms with E-state index in [1.54, 1.807) is 7.11 Å². The van der Waals surface area contributed by atoms with Crippen LogP contribution in [-0.2, 0) is 11.3 Å². The summed E-state index contributed by atoms with van der Waals surface area (Å²) < 4.78 is 16.1. The average Bonchev–Trinajstić information content (AvgIpc) is 2.54. The number of ether oxygens (including phenoxy) is 3. The molecular weight excluding hydrogens is 278 g/mol. The van der Waals surface area contributed by atoms with Gasteiger partial charge in [0.05, 0.1) is 13.2 Å².